The van der Waals surface area contributed by atoms with Gasteiger partial charge in [0.25, 0.3) is 0 Å². The maximum absolute atomic E-state index is 4.31. The minimum Gasteiger partial charge on any atom is -0.309 e. The van der Waals surface area contributed by atoms with Gasteiger partial charge in [0.15, 0.2) is 0 Å². The molecule has 0 bridgehead atoms. The molecular weight excluding hydrogens is 266 g/mol. The summed E-state index contributed by atoms with van der Waals surface area (Å²) in [6.07, 6.45) is 6.40. The Morgan fingerprint density at radius 2 is 2.00 bits per heavy atom. The highest BCUT2D eigenvalue weighted by atomic mass is 32.2. The first-order valence-electron chi connectivity index (χ1n) is 6.98. The Bertz CT molecular complexity index is 499. The summed E-state index contributed by atoms with van der Waals surface area (Å²) in [6, 6.07) is 9.11. The normalized spacial score (nSPS) is 12.3. The molecule has 0 aliphatic rings. The lowest BCUT2D eigenvalue weighted by atomic mass is 10.1. The first-order chi connectivity index (χ1) is 9.79. The molecule has 4 heteroatoms. The number of nitrogens with one attached hydrogen (secondary N) is 1. The molecule has 0 radical (unpaired) electrons. The number of benzene rings is 1. The van der Waals surface area contributed by atoms with Crippen molar-refractivity contribution < 1.29 is 0 Å². The maximum Gasteiger partial charge on any atom is 0.114 e. The molecule has 0 aliphatic heterocycles. The second-order valence-corrected chi connectivity index (χ2v) is 5.81. The van der Waals surface area contributed by atoms with Gasteiger partial charge in [-0.15, -0.1) is 11.8 Å². The van der Waals surface area contributed by atoms with Crippen molar-refractivity contribution in [1.29, 1.82) is 0 Å². The van der Waals surface area contributed by atoms with Crippen molar-refractivity contribution in [3.05, 3.63) is 54.0 Å². The van der Waals surface area contributed by atoms with Crippen LogP contribution in [0, 0.1) is 6.92 Å². The standard InChI is InChI=1S/C16H21N3S/c1-3-8-18-15(14-6-4-13(2)5-7-14)12-20-16-11-17-9-10-19-16/h4-7,9-11,15,18H,3,8,12H2,1-2H3. The highest BCUT2D eigenvalue weighted by Crippen LogP contribution is 2.23. The SMILES string of the molecule is CCCNC(CSc1cnccn1)c1ccc(C)cc1. The van der Waals surface area contributed by atoms with Gasteiger partial charge in [-0.1, -0.05) is 36.8 Å². The van der Waals surface area contributed by atoms with Gasteiger partial charge < -0.3 is 5.32 Å². The molecule has 1 heterocycles. The Balaban J connectivity index is 2.01. The number of aromatic nitrogens is 2. The zero-order valence-electron chi connectivity index (χ0n) is 12.0. The lowest BCUT2D eigenvalue weighted by molar-refractivity contribution is 0.577. The van der Waals surface area contributed by atoms with E-state index in [1.807, 2.05) is 6.20 Å². The van der Waals surface area contributed by atoms with Crippen molar-refractivity contribution in [3.8, 4) is 0 Å². The minimum absolute atomic E-state index is 0.350. The number of rotatable bonds is 7. The van der Waals surface area contributed by atoms with Crippen molar-refractivity contribution in [2.75, 3.05) is 12.3 Å². The number of aryl methyl sites for hydroxylation is 1. The lowest BCUT2D eigenvalue weighted by Gasteiger charge is -2.18. The Labute approximate surface area is 125 Å². The van der Waals surface area contributed by atoms with Gasteiger partial charge in [-0.3, -0.25) is 4.98 Å². The Kier molecular flexibility index (Phi) is 6.02. The summed E-state index contributed by atoms with van der Waals surface area (Å²) < 4.78 is 0. The molecule has 106 valence electrons. The predicted octanol–water partition coefficient (Wildman–Crippen LogP) is 3.62. The molecule has 1 atom stereocenters. The highest BCUT2D eigenvalue weighted by Gasteiger charge is 2.11. The summed E-state index contributed by atoms with van der Waals surface area (Å²) in [5, 5.41) is 4.58. The van der Waals surface area contributed by atoms with E-state index in [4.69, 9.17) is 0 Å². The summed E-state index contributed by atoms with van der Waals surface area (Å²) in [4.78, 5) is 8.42. The van der Waals surface area contributed by atoms with E-state index in [1.165, 1.54) is 11.1 Å². The fourth-order valence-corrected chi connectivity index (χ4v) is 2.84. The number of hydrogen-bond acceptors (Lipinski definition) is 4. The molecule has 0 saturated carbocycles. The van der Waals surface area contributed by atoms with Crippen molar-refractivity contribution in [3.63, 3.8) is 0 Å². The van der Waals surface area contributed by atoms with Crippen LogP contribution in [0.15, 0.2) is 47.9 Å². The first-order valence-corrected chi connectivity index (χ1v) is 7.97. The van der Waals surface area contributed by atoms with Crippen molar-refractivity contribution in [1.82, 2.24) is 15.3 Å². The van der Waals surface area contributed by atoms with Crippen LogP contribution >= 0.6 is 11.8 Å². The van der Waals surface area contributed by atoms with Crippen LogP contribution in [0.25, 0.3) is 0 Å². The van der Waals surface area contributed by atoms with Crippen LogP contribution in [0.1, 0.15) is 30.5 Å². The van der Waals surface area contributed by atoms with E-state index in [0.29, 0.717) is 6.04 Å². The van der Waals surface area contributed by atoms with E-state index < -0.39 is 0 Å². The van der Waals surface area contributed by atoms with Crippen LogP contribution in [0.2, 0.25) is 0 Å². The zero-order valence-corrected chi connectivity index (χ0v) is 12.9. The quantitative estimate of drug-likeness (QED) is 0.789. The number of hydrogen-bond donors (Lipinski definition) is 1. The van der Waals surface area contributed by atoms with E-state index in [9.17, 15) is 0 Å². The molecular formula is C16H21N3S. The molecule has 1 unspecified atom stereocenters. The average molecular weight is 287 g/mol. The molecule has 1 aromatic carbocycles. The van der Waals surface area contributed by atoms with Crippen LogP contribution in [0.3, 0.4) is 0 Å². The maximum atomic E-state index is 4.31. The smallest absolute Gasteiger partial charge is 0.114 e. The van der Waals surface area contributed by atoms with E-state index >= 15 is 0 Å². The largest absolute Gasteiger partial charge is 0.309 e. The van der Waals surface area contributed by atoms with Gasteiger partial charge in [-0.05, 0) is 25.5 Å². The molecule has 0 aliphatic carbocycles. The number of thioether (sulfide) groups is 1. The monoisotopic (exact) mass is 287 g/mol. The van der Waals surface area contributed by atoms with Crippen LogP contribution in [0.4, 0.5) is 0 Å². The van der Waals surface area contributed by atoms with Crippen LogP contribution < -0.4 is 5.32 Å². The van der Waals surface area contributed by atoms with Crippen LogP contribution in [0.5, 0.6) is 0 Å². The Morgan fingerprint density at radius 1 is 1.20 bits per heavy atom. The fourth-order valence-electron chi connectivity index (χ4n) is 1.92. The number of nitrogens with zero attached hydrogens (tertiary/aromatic N) is 2. The molecule has 0 saturated heterocycles. The van der Waals surface area contributed by atoms with Gasteiger partial charge in [0.1, 0.15) is 5.03 Å². The minimum atomic E-state index is 0.350. The van der Waals surface area contributed by atoms with Gasteiger partial charge in [-0.2, -0.15) is 0 Å². The Hall–Kier alpha value is -1.39. The zero-order chi connectivity index (χ0) is 14.2. The molecule has 0 fully saturated rings. The summed E-state index contributed by atoms with van der Waals surface area (Å²) in [6.45, 7) is 5.33. The first kappa shape index (κ1) is 15.0. The third kappa shape index (κ3) is 4.62. The lowest BCUT2D eigenvalue weighted by Crippen LogP contribution is -2.24. The molecule has 1 N–H and O–H groups in total. The average Bonchev–Trinajstić information content (AvgIpc) is 2.50. The molecule has 3 nitrogen and oxygen atoms in total. The second kappa shape index (κ2) is 8.02. The van der Waals surface area contributed by atoms with E-state index in [1.54, 1.807) is 24.2 Å². The van der Waals surface area contributed by atoms with Gasteiger partial charge in [0, 0.05) is 24.2 Å². The van der Waals surface area contributed by atoms with Crippen molar-refractivity contribution in [2.24, 2.45) is 0 Å². The highest BCUT2D eigenvalue weighted by molar-refractivity contribution is 7.99. The summed E-state index contributed by atoms with van der Waals surface area (Å²) in [5.74, 6) is 0.960. The van der Waals surface area contributed by atoms with E-state index in [0.717, 1.165) is 23.7 Å². The Morgan fingerprint density at radius 3 is 2.65 bits per heavy atom. The van der Waals surface area contributed by atoms with Crippen molar-refractivity contribution >= 4 is 11.8 Å². The third-order valence-corrected chi connectivity index (χ3v) is 4.06. The molecule has 1 aromatic heterocycles. The van der Waals surface area contributed by atoms with Gasteiger partial charge in [0.05, 0.1) is 6.20 Å². The summed E-state index contributed by atoms with van der Waals surface area (Å²) >= 11 is 1.74. The molecule has 20 heavy (non-hydrogen) atoms. The van der Waals surface area contributed by atoms with Gasteiger partial charge in [-0.25, -0.2) is 4.98 Å². The third-order valence-electron chi connectivity index (χ3n) is 3.06. The molecule has 0 spiro atoms. The molecule has 0 amide bonds. The van der Waals surface area contributed by atoms with Gasteiger partial charge in [0.2, 0.25) is 0 Å². The van der Waals surface area contributed by atoms with E-state index in [-0.39, 0.29) is 0 Å². The summed E-state index contributed by atoms with van der Waals surface area (Å²) in [7, 11) is 0. The second-order valence-electron chi connectivity index (χ2n) is 4.77. The molecule has 2 aromatic rings. The van der Waals surface area contributed by atoms with Crippen LogP contribution in [-0.4, -0.2) is 22.3 Å². The van der Waals surface area contributed by atoms with Gasteiger partial charge >= 0.3 is 0 Å². The predicted molar refractivity (Wildman–Crippen MR) is 85.0 cm³/mol. The fraction of sp³-hybridized carbons (Fsp3) is 0.375. The van der Waals surface area contributed by atoms with E-state index in [2.05, 4.69) is 53.4 Å². The topological polar surface area (TPSA) is 37.8 Å². The van der Waals surface area contributed by atoms with Crippen LogP contribution in [-0.2, 0) is 0 Å². The summed E-state index contributed by atoms with van der Waals surface area (Å²) in [5.41, 5.74) is 2.63. The molecule has 2 rings (SSSR count). The van der Waals surface area contributed by atoms with Crippen molar-refractivity contribution in [2.45, 2.75) is 31.3 Å².